The average Bonchev–Trinajstić information content (AvgIpc) is 3.61. The molecule has 0 bridgehead atoms. The molecule has 2 aromatic carbocycles. The van der Waals surface area contributed by atoms with Gasteiger partial charge in [-0.3, -0.25) is 14.5 Å². The lowest BCUT2D eigenvalue weighted by molar-refractivity contribution is 0.0945. The Morgan fingerprint density at radius 1 is 0.953 bits per heavy atom. The summed E-state index contributed by atoms with van der Waals surface area (Å²) in [6.45, 7) is 7.30. The number of rotatable bonds is 7. The van der Waals surface area contributed by atoms with Gasteiger partial charge in [0.2, 0.25) is 5.88 Å². The highest BCUT2D eigenvalue weighted by atomic mass is 16.5. The molecule has 0 saturated heterocycles. The van der Waals surface area contributed by atoms with Crippen LogP contribution in [0.15, 0.2) is 67.0 Å². The van der Waals surface area contributed by atoms with Gasteiger partial charge in [-0.15, -0.1) is 5.10 Å². The second kappa shape index (κ2) is 11.8. The molecule has 2 N–H and O–H groups in total. The van der Waals surface area contributed by atoms with E-state index in [0.717, 1.165) is 5.56 Å². The normalized spacial score (nSPS) is 11.0. The number of hydrogen-bond donors (Lipinski definition) is 2. The quantitative estimate of drug-likeness (QED) is 0.284. The zero-order valence-corrected chi connectivity index (χ0v) is 24.7. The summed E-state index contributed by atoms with van der Waals surface area (Å²) in [6, 6.07) is 15.5. The molecule has 0 fully saturated rings. The Morgan fingerprint density at radius 3 is 2.37 bits per heavy atom. The summed E-state index contributed by atoms with van der Waals surface area (Å²) in [5.41, 5.74) is 2.90. The number of pyridine rings is 1. The van der Waals surface area contributed by atoms with Crippen LogP contribution in [0.5, 0.6) is 5.88 Å². The number of methoxy groups -OCH3 is 1. The van der Waals surface area contributed by atoms with E-state index in [1.807, 2.05) is 57.2 Å². The Kier molecular flexibility index (Phi) is 7.93. The van der Waals surface area contributed by atoms with Gasteiger partial charge in [-0.2, -0.15) is 9.78 Å². The average molecular weight is 581 g/mol. The highest BCUT2D eigenvalue weighted by Crippen LogP contribution is 2.31. The number of aromatic nitrogens is 5. The Morgan fingerprint density at radius 2 is 1.70 bits per heavy atom. The number of fused-ring (bicyclic) bond motifs is 1. The monoisotopic (exact) mass is 580 g/mol. The minimum absolute atomic E-state index is 0.137. The molecule has 12 nitrogen and oxygen atoms in total. The van der Waals surface area contributed by atoms with Gasteiger partial charge in [0.15, 0.2) is 5.82 Å². The number of nitrogens with one attached hydrogen (secondary N) is 2. The van der Waals surface area contributed by atoms with Crippen molar-refractivity contribution in [2.45, 2.75) is 33.7 Å². The third kappa shape index (κ3) is 5.67. The van der Waals surface area contributed by atoms with E-state index < -0.39 is 17.8 Å². The maximum Gasteiger partial charge on any atom is 0.348 e. The number of para-hydroxylation sites is 1. The number of ether oxygens (including phenoxy) is 1. The number of aryl methyl sites for hydroxylation is 2. The van der Waals surface area contributed by atoms with Gasteiger partial charge in [-0.05, 0) is 63.1 Å². The first-order valence-electron chi connectivity index (χ1n) is 13.6. The van der Waals surface area contributed by atoms with Crippen molar-refractivity contribution in [1.82, 2.24) is 29.9 Å². The minimum atomic E-state index is -0.541. The molecule has 0 aliphatic rings. The molecule has 3 aromatic heterocycles. The van der Waals surface area contributed by atoms with E-state index in [1.54, 1.807) is 38.5 Å². The van der Waals surface area contributed by atoms with Crippen molar-refractivity contribution in [3.63, 3.8) is 0 Å². The first-order chi connectivity index (χ1) is 20.6. The standard InChI is InChI=1S/C31H32N8O4/c1-18(2)33-30(41)25-26(34-29(40)23-16-24(43-6)35-39(23)28-19(3)11-10-14-32-28)20(4)15-21-17-38(36-27(21)25)31(42)37(5)22-12-8-7-9-13-22/h7-18H,1-6H3,(H,33,41)(H,34,40). The van der Waals surface area contributed by atoms with Gasteiger partial charge in [-0.1, -0.05) is 24.3 Å². The molecule has 5 aromatic rings. The van der Waals surface area contributed by atoms with Crippen LogP contribution in [0, 0.1) is 13.8 Å². The predicted octanol–water partition coefficient (Wildman–Crippen LogP) is 4.74. The summed E-state index contributed by atoms with van der Waals surface area (Å²) in [5.74, 6) is -0.304. The molecule has 0 atom stereocenters. The number of carbonyl (C=O) groups is 3. The fourth-order valence-electron chi connectivity index (χ4n) is 4.70. The molecule has 0 aliphatic carbocycles. The van der Waals surface area contributed by atoms with Gasteiger partial charge < -0.3 is 15.4 Å². The van der Waals surface area contributed by atoms with Gasteiger partial charge in [-0.25, -0.2) is 14.5 Å². The first kappa shape index (κ1) is 29.0. The largest absolute Gasteiger partial charge is 0.480 e. The van der Waals surface area contributed by atoms with Crippen LogP contribution in [0.1, 0.15) is 45.8 Å². The van der Waals surface area contributed by atoms with E-state index in [0.29, 0.717) is 22.5 Å². The molecule has 220 valence electrons. The molecule has 0 radical (unpaired) electrons. The van der Waals surface area contributed by atoms with E-state index in [9.17, 15) is 14.4 Å². The Labute approximate surface area is 248 Å². The molecular formula is C31H32N8O4. The number of hydrogen-bond acceptors (Lipinski definition) is 7. The molecule has 43 heavy (non-hydrogen) atoms. The summed E-state index contributed by atoms with van der Waals surface area (Å²) < 4.78 is 7.90. The molecule has 0 saturated carbocycles. The summed E-state index contributed by atoms with van der Waals surface area (Å²) in [6.07, 6.45) is 3.18. The summed E-state index contributed by atoms with van der Waals surface area (Å²) in [4.78, 5) is 46.7. The molecule has 0 unspecified atom stereocenters. The van der Waals surface area contributed by atoms with Crippen molar-refractivity contribution >= 4 is 40.1 Å². The minimum Gasteiger partial charge on any atom is -0.480 e. The predicted molar refractivity (Wildman–Crippen MR) is 163 cm³/mol. The first-order valence-corrected chi connectivity index (χ1v) is 13.6. The SMILES string of the molecule is COc1cc(C(=O)Nc2c(C)cc3cn(C(=O)N(C)c4ccccc4)nc3c2C(=O)NC(C)C)n(-c2ncccc2C)n1. The lowest BCUT2D eigenvalue weighted by Gasteiger charge is -2.17. The maximum absolute atomic E-state index is 13.8. The van der Waals surface area contributed by atoms with Crippen LogP contribution in [0.3, 0.4) is 0 Å². The lowest BCUT2D eigenvalue weighted by atomic mass is 10.0. The maximum atomic E-state index is 13.8. The van der Waals surface area contributed by atoms with Gasteiger partial charge in [0.05, 0.1) is 18.4 Å². The smallest absolute Gasteiger partial charge is 0.348 e. The van der Waals surface area contributed by atoms with E-state index in [4.69, 9.17) is 4.74 Å². The summed E-state index contributed by atoms with van der Waals surface area (Å²) in [5, 5.41) is 15.3. The number of amides is 3. The van der Waals surface area contributed by atoms with E-state index >= 15 is 0 Å². The molecule has 0 aliphatic heterocycles. The van der Waals surface area contributed by atoms with Gasteiger partial charge in [0.1, 0.15) is 11.2 Å². The second-order valence-corrected chi connectivity index (χ2v) is 10.3. The van der Waals surface area contributed by atoms with Crippen LogP contribution in [0.2, 0.25) is 0 Å². The number of carbonyl (C=O) groups excluding carboxylic acids is 3. The van der Waals surface area contributed by atoms with E-state index in [2.05, 4.69) is 25.8 Å². The van der Waals surface area contributed by atoms with Crippen molar-refractivity contribution in [3.05, 3.63) is 89.4 Å². The highest BCUT2D eigenvalue weighted by Gasteiger charge is 2.27. The zero-order chi connectivity index (χ0) is 30.8. The van der Waals surface area contributed by atoms with E-state index in [-0.39, 0.29) is 34.4 Å². The number of anilines is 2. The Bertz CT molecular complexity index is 1840. The molecular weight excluding hydrogens is 548 g/mol. The molecule has 5 rings (SSSR count). The Hall–Kier alpha value is -5.52. The van der Waals surface area contributed by atoms with Crippen LogP contribution >= 0.6 is 0 Å². The molecule has 3 heterocycles. The zero-order valence-electron chi connectivity index (χ0n) is 24.7. The van der Waals surface area contributed by atoms with Crippen molar-refractivity contribution < 1.29 is 19.1 Å². The summed E-state index contributed by atoms with van der Waals surface area (Å²) in [7, 11) is 3.10. The van der Waals surface area contributed by atoms with Gasteiger partial charge >= 0.3 is 6.03 Å². The van der Waals surface area contributed by atoms with Crippen LogP contribution in [-0.4, -0.2) is 62.6 Å². The van der Waals surface area contributed by atoms with Crippen LogP contribution in [0.4, 0.5) is 16.2 Å². The van der Waals surface area contributed by atoms with Crippen molar-refractivity contribution in [3.8, 4) is 11.7 Å². The van der Waals surface area contributed by atoms with E-state index in [1.165, 1.54) is 27.4 Å². The second-order valence-electron chi connectivity index (χ2n) is 10.3. The fourth-order valence-corrected chi connectivity index (χ4v) is 4.70. The summed E-state index contributed by atoms with van der Waals surface area (Å²) >= 11 is 0. The molecule has 3 amide bonds. The lowest BCUT2D eigenvalue weighted by Crippen LogP contribution is -2.32. The van der Waals surface area contributed by atoms with Crippen LogP contribution < -0.4 is 20.3 Å². The molecule has 12 heteroatoms. The molecule has 0 spiro atoms. The van der Waals surface area contributed by atoms with Crippen molar-refractivity contribution in [1.29, 1.82) is 0 Å². The van der Waals surface area contributed by atoms with Gasteiger partial charge in [0.25, 0.3) is 11.8 Å². The Balaban J connectivity index is 1.60. The van der Waals surface area contributed by atoms with Crippen LogP contribution in [0.25, 0.3) is 16.7 Å². The third-order valence-electron chi connectivity index (χ3n) is 6.82. The third-order valence-corrected chi connectivity index (χ3v) is 6.82. The number of nitrogens with zero attached hydrogens (tertiary/aromatic N) is 6. The topological polar surface area (TPSA) is 136 Å². The fraction of sp³-hybridized carbons (Fsp3) is 0.226. The van der Waals surface area contributed by atoms with Crippen molar-refractivity contribution in [2.75, 3.05) is 24.4 Å². The number of benzene rings is 2. The van der Waals surface area contributed by atoms with Crippen LogP contribution in [-0.2, 0) is 0 Å². The highest BCUT2D eigenvalue weighted by molar-refractivity contribution is 6.15. The van der Waals surface area contributed by atoms with Crippen molar-refractivity contribution in [2.24, 2.45) is 0 Å². The van der Waals surface area contributed by atoms with Gasteiger partial charge in [0, 0.05) is 42.6 Å².